The Morgan fingerprint density at radius 1 is 1.06 bits per heavy atom. The van der Waals surface area contributed by atoms with Crippen molar-refractivity contribution < 1.29 is 14.3 Å². The van der Waals surface area contributed by atoms with E-state index in [-0.39, 0.29) is 11.9 Å². The molecule has 2 N–H and O–H groups in total. The molecule has 0 radical (unpaired) electrons. The minimum Gasteiger partial charge on any atom is -0.349 e. The molecule has 5 fully saturated rings. The predicted molar refractivity (Wildman–Crippen MR) is 121 cm³/mol. The van der Waals surface area contributed by atoms with Crippen molar-refractivity contribution in [2.75, 3.05) is 6.61 Å². The molecule has 4 heteroatoms. The Kier molecular flexibility index (Phi) is 4.80. The molecule has 11 atom stereocenters. The van der Waals surface area contributed by atoms with Gasteiger partial charge in [0, 0.05) is 12.3 Å². The molecular formula is C27H43NO3. The summed E-state index contributed by atoms with van der Waals surface area (Å²) in [7, 11) is 0. The molecule has 0 aromatic heterocycles. The highest BCUT2D eigenvalue weighted by Gasteiger charge is 2.68. The van der Waals surface area contributed by atoms with Gasteiger partial charge in [-0.25, -0.2) is 5.90 Å². The SMILES string of the molecule is C[C@@H]1CCC2(OC1)OC1CC3C4CC=C5C[C@@H](ON)CC[C@]5(C)C4CC[C@]3(C)C1[C@@H]2C. The minimum absolute atomic E-state index is 0.221. The number of fused-ring (bicyclic) bond motifs is 7. The third-order valence-electron chi connectivity index (χ3n) is 11.5. The highest BCUT2D eigenvalue weighted by atomic mass is 16.7. The maximum Gasteiger partial charge on any atom is 0.171 e. The number of allylic oxidation sites excluding steroid dienone is 1. The van der Waals surface area contributed by atoms with Crippen LogP contribution in [0.25, 0.3) is 0 Å². The van der Waals surface area contributed by atoms with Gasteiger partial charge >= 0.3 is 0 Å². The molecule has 4 nitrogen and oxygen atoms in total. The summed E-state index contributed by atoms with van der Waals surface area (Å²) in [5.41, 5.74) is 2.40. The molecule has 6 unspecified atom stereocenters. The van der Waals surface area contributed by atoms with Crippen molar-refractivity contribution in [2.45, 2.75) is 103 Å². The first-order chi connectivity index (χ1) is 14.8. The molecule has 2 aliphatic heterocycles. The molecule has 0 aromatic carbocycles. The molecule has 1 spiro atoms. The molecule has 6 rings (SSSR count). The van der Waals surface area contributed by atoms with E-state index in [4.69, 9.17) is 20.2 Å². The summed E-state index contributed by atoms with van der Waals surface area (Å²) in [5.74, 6) is 9.54. The highest BCUT2D eigenvalue weighted by molar-refractivity contribution is 5.26. The molecule has 0 amide bonds. The maximum atomic E-state index is 6.90. The quantitative estimate of drug-likeness (QED) is 0.435. The largest absolute Gasteiger partial charge is 0.349 e. The molecule has 6 aliphatic rings. The van der Waals surface area contributed by atoms with Gasteiger partial charge in [0.2, 0.25) is 0 Å². The number of hydrogen-bond acceptors (Lipinski definition) is 4. The Morgan fingerprint density at radius 2 is 1.90 bits per heavy atom. The van der Waals surface area contributed by atoms with Crippen LogP contribution in [0.1, 0.15) is 85.5 Å². The van der Waals surface area contributed by atoms with Crippen molar-refractivity contribution in [1.29, 1.82) is 0 Å². The van der Waals surface area contributed by atoms with Crippen LogP contribution in [0.4, 0.5) is 0 Å². The third-order valence-corrected chi connectivity index (χ3v) is 11.5. The van der Waals surface area contributed by atoms with Gasteiger partial charge in [-0.2, -0.15) is 0 Å². The van der Waals surface area contributed by atoms with Gasteiger partial charge in [0.05, 0.1) is 18.8 Å². The van der Waals surface area contributed by atoms with Crippen molar-refractivity contribution in [3.8, 4) is 0 Å². The van der Waals surface area contributed by atoms with Gasteiger partial charge in [-0.05, 0) is 91.8 Å². The number of nitrogens with two attached hydrogens (primary N) is 1. The van der Waals surface area contributed by atoms with Crippen LogP contribution >= 0.6 is 0 Å². The minimum atomic E-state index is -0.293. The van der Waals surface area contributed by atoms with E-state index in [1.807, 2.05) is 0 Å². The van der Waals surface area contributed by atoms with Crippen molar-refractivity contribution in [3.63, 3.8) is 0 Å². The summed E-state index contributed by atoms with van der Waals surface area (Å²) in [6, 6.07) is 0. The van der Waals surface area contributed by atoms with Gasteiger partial charge in [0.15, 0.2) is 5.79 Å². The molecule has 2 saturated heterocycles. The van der Waals surface area contributed by atoms with Crippen molar-refractivity contribution >= 4 is 0 Å². The molecule has 3 saturated carbocycles. The lowest BCUT2D eigenvalue weighted by molar-refractivity contribution is -0.272. The molecule has 4 aliphatic carbocycles. The van der Waals surface area contributed by atoms with E-state index in [1.54, 1.807) is 5.57 Å². The van der Waals surface area contributed by atoms with Crippen LogP contribution in [0.15, 0.2) is 11.6 Å². The van der Waals surface area contributed by atoms with Crippen LogP contribution in [0.3, 0.4) is 0 Å². The molecule has 174 valence electrons. The molecule has 31 heavy (non-hydrogen) atoms. The monoisotopic (exact) mass is 429 g/mol. The number of hydrogen-bond donors (Lipinski definition) is 1. The van der Waals surface area contributed by atoms with Gasteiger partial charge in [0.25, 0.3) is 0 Å². The molecule has 2 heterocycles. The van der Waals surface area contributed by atoms with Crippen molar-refractivity contribution in [3.05, 3.63) is 11.6 Å². The predicted octanol–water partition coefficient (Wildman–Crippen LogP) is 5.61. The first-order valence-electron chi connectivity index (χ1n) is 13.2. The lowest BCUT2D eigenvalue weighted by Gasteiger charge is -2.58. The summed E-state index contributed by atoms with van der Waals surface area (Å²) >= 11 is 0. The smallest absolute Gasteiger partial charge is 0.171 e. The lowest BCUT2D eigenvalue weighted by atomic mass is 9.47. The van der Waals surface area contributed by atoms with Crippen LogP contribution in [0.5, 0.6) is 0 Å². The van der Waals surface area contributed by atoms with E-state index in [9.17, 15) is 0 Å². The van der Waals surface area contributed by atoms with Crippen LogP contribution in [0.2, 0.25) is 0 Å². The Balaban J connectivity index is 1.27. The zero-order valence-electron chi connectivity index (χ0n) is 20.1. The molecule has 0 bridgehead atoms. The third kappa shape index (κ3) is 2.80. The van der Waals surface area contributed by atoms with Crippen LogP contribution in [-0.4, -0.2) is 24.6 Å². The Bertz CT molecular complexity index is 758. The van der Waals surface area contributed by atoms with Crippen LogP contribution in [0, 0.1) is 46.3 Å². The molecular weight excluding hydrogens is 386 g/mol. The first kappa shape index (κ1) is 21.1. The summed E-state index contributed by atoms with van der Waals surface area (Å²) in [6.45, 7) is 10.8. The van der Waals surface area contributed by atoms with E-state index < -0.39 is 0 Å². The fraction of sp³-hybridized carbons (Fsp3) is 0.926. The first-order valence-corrected chi connectivity index (χ1v) is 13.2. The Morgan fingerprint density at radius 3 is 2.65 bits per heavy atom. The normalized spacial score (nSPS) is 58.3. The topological polar surface area (TPSA) is 53.7 Å². The van der Waals surface area contributed by atoms with E-state index in [0.29, 0.717) is 34.7 Å². The van der Waals surface area contributed by atoms with Gasteiger partial charge in [0.1, 0.15) is 0 Å². The number of rotatable bonds is 1. The van der Waals surface area contributed by atoms with Gasteiger partial charge in [-0.3, -0.25) is 0 Å². The zero-order chi connectivity index (χ0) is 21.6. The Hall–Kier alpha value is -0.420. The average molecular weight is 430 g/mol. The number of ether oxygens (including phenoxy) is 2. The van der Waals surface area contributed by atoms with Gasteiger partial charge in [-0.15, -0.1) is 0 Å². The molecule has 0 aromatic rings. The highest BCUT2D eigenvalue weighted by Crippen LogP contribution is 2.70. The average Bonchev–Trinajstić information content (AvgIpc) is 3.20. The summed E-state index contributed by atoms with van der Waals surface area (Å²) in [5, 5.41) is 0. The van der Waals surface area contributed by atoms with Crippen LogP contribution in [-0.2, 0) is 14.3 Å². The lowest BCUT2D eigenvalue weighted by Crippen LogP contribution is -2.52. The fourth-order valence-corrected chi connectivity index (χ4v) is 9.76. The second-order valence-corrected chi connectivity index (χ2v) is 12.8. The van der Waals surface area contributed by atoms with Crippen LogP contribution < -0.4 is 5.90 Å². The zero-order valence-corrected chi connectivity index (χ0v) is 20.1. The fourth-order valence-electron chi connectivity index (χ4n) is 9.76. The standard InChI is InChI=1S/C27H43NO3/c1-16-7-12-27(29-15-16)17(2)24-23(30-27)14-22-20-6-5-18-13-19(31-28)8-10-25(18,3)21(20)9-11-26(22,24)4/h5,16-17,19-24H,6-15,28H2,1-4H3/t16-,17+,19+,20?,21?,22?,23?,24?,25+,26+,27?/m1/s1. The van der Waals surface area contributed by atoms with Crippen molar-refractivity contribution in [2.24, 2.45) is 52.2 Å². The van der Waals surface area contributed by atoms with Gasteiger partial charge in [-0.1, -0.05) is 39.3 Å². The van der Waals surface area contributed by atoms with E-state index >= 15 is 0 Å². The van der Waals surface area contributed by atoms with E-state index in [1.165, 1.54) is 38.5 Å². The van der Waals surface area contributed by atoms with Crippen molar-refractivity contribution in [1.82, 2.24) is 0 Å². The Labute approximate surface area is 188 Å². The summed E-state index contributed by atoms with van der Waals surface area (Å²) in [6.07, 6.45) is 14.2. The second-order valence-electron chi connectivity index (χ2n) is 12.8. The van der Waals surface area contributed by atoms with E-state index in [0.717, 1.165) is 43.6 Å². The summed E-state index contributed by atoms with van der Waals surface area (Å²) < 4.78 is 13.4. The maximum absolute atomic E-state index is 6.90. The summed E-state index contributed by atoms with van der Waals surface area (Å²) in [4.78, 5) is 5.26. The van der Waals surface area contributed by atoms with E-state index in [2.05, 4.69) is 33.8 Å². The van der Waals surface area contributed by atoms with Gasteiger partial charge < -0.3 is 14.3 Å². The second kappa shape index (κ2) is 7.04.